The molecule has 27 heavy (non-hydrogen) atoms. The van der Waals surface area contributed by atoms with Crippen LogP contribution in [0, 0.1) is 0 Å². The molecule has 0 spiro atoms. The molecule has 2 aliphatic heterocycles. The van der Waals surface area contributed by atoms with Crippen LogP contribution < -0.4 is 4.90 Å². The van der Waals surface area contributed by atoms with E-state index in [1.54, 1.807) is 9.58 Å². The highest BCUT2D eigenvalue weighted by atomic mass is 16.6. The molecular formula is C20H24N4O3. The van der Waals surface area contributed by atoms with Crippen molar-refractivity contribution in [3.05, 3.63) is 46.8 Å². The van der Waals surface area contributed by atoms with Gasteiger partial charge in [-0.15, -0.1) is 0 Å². The predicted molar refractivity (Wildman–Crippen MR) is 101 cm³/mol. The van der Waals surface area contributed by atoms with E-state index in [9.17, 15) is 9.59 Å². The molecule has 4 rings (SSSR count). The lowest BCUT2D eigenvalue weighted by molar-refractivity contribution is 0.0728. The Balaban J connectivity index is 1.58. The first-order chi connectivity index (χ1) is 13.0. The number of aromatic nitrogens is 2. The van der Waals surface area contributed by atoms with Gasteiger partial charge in [0.25, 0.3) is 5.91 Å². The Labute approximate surface area is 158 Å². The quantitative estimate of drug-likeness (QED) is 0.835. The maximum atomic E-state index is 13.0. The molecule has 142 valence electrons. The summed E-state index contributed by atoms with van der Waals surface area (Å²) < 4.78 is 6.86. The van der Waals surface area contributed by atoms with Gasteiger partial charge < -0.3 is 9.64 Å². The summed E-state index contributed by atoms with van der Waals surface area (Å²) in [5.41, 5.74) is 4.65. The van der Waals surface area contributed by atoms with Crippen molar-refractivity contribution in [2.45, 2.75) is 32.7 Å². The molecule has 0 N–H and O–H groups in total. The molecule has 1 saturated heterocycles. The van der Waals surface area contributed by atoms with Gasteiger partial charge in [0, 0.05) is 25.8 Å². The van der Waals surface area contributed by atoms with Crippen molar-refractivity contribution in [3.63, 3.8) is 0 Å². The van der Waals surface area contributed by atoms with Gasteiger partial charge >= 0.3 is 6.09 Å². The number of anilines is 1. The van der Waals surface area contributed by atoms with E-state index in [0.29, 0.717) is 44.3 Å². The smallest absolute Gasteiger partial charge is 0.414 e. The van der Waals surface area contributed by atoms with Gasteiger partial charge in [-0.1, -0.05) is 26.0 Å². The second-order valence-corrected chi connectivity index (χ2v) is 7.39. The Hall–Kier alpha value is -2.83. The molecule has 1 aromatic heterocycles. The molecular weight excluding hydrogens is 344 g/mol. The number of hydrogen-bond acceptors (Lipinski definition) is 4. The van der Waals surface area contributed by atoms with E-state index in [0.717, 1.165) is 22.5 Å². The first-order valence-electron chi connectivity index (χ1n) is 9.34. The molecule has 3 heterocycles. The molecule has 0 saturated carbocycles. The number of ether oxygens (including phenoxy) is 1. The van der Waals surface area contributed by atoms with Crippen LogP contribution in [0.3, 0.4) is 0 Å². The fourth-order valence-corrected chi connectivity index (χ4v) is 3.92. The summed E-state index contributed by atoms with van der Waals surface area (Å²) in [6, 6.07) is 7.80. The number of fused-ring (bicyclic) bond motifs is 1. The molecule has 7 heteroatoms. The van der Waals surface area contributed by atoms with E-state index in [1.165, 1.54) is 0 Å². The van der Waals surface area contributed by atoms with Crippen LogP contribution in [0.2, 0.25) is 0 Å². The van der Waals surface area contributed by atoms with Crippen LogP contribution in [0.25, 0.3) is 0 Å². The Bertz CT molecular complexity index is 903. The molecule has 2 aliphatic rings. The highest BCUT2D eigenvalue weighted by Gasteiger charge is 2.30. The van der Waals surface area contributed by atoms with Crippen LogP contribution in [-0.4, -0.2) is 46.4 Å². The summed E-state index contributed by atoms with van der Waals surface area (Å²) in [5, 5.41) is 4.41. The van der Waals surface area contributed by atoms with Crippen LogP contribution in [0.1, 0.15) is 47.1 Å². The van der Waals surface area contributed by atoms with Gasteiger partial charge in [0.1, 0.15) is 6.61 Å². The van der Waals surface area contributed by atoms with E-state index in [-0.39, 0.29) is 12.0 Å². The summed E-state index contributed by atoms with van der Waals surface area (Å²) in [5.74, 6) is 0.267. The SMILES string of the molecule is CC(C)c1cc(C(=O)N2CCc3c(cccc3N3CCOC3=O)C2)nn1C. The number of benzene rings is 1. The van der Waals surface area contributed by atoms with Crippen LogP contribution in [-0.2, 0) is 24.8 Å². The van der Waals surface area contributed by atoms with Gasteiger partial charge in [0.05, 0.1) is 12.2 Å². The highest BCUT2D eigenvalue weighted by Crippen LogP contribution is 2.31. The van der Waals surface area contributed by atoms with E-state index in [1.807, 2.05) is 36.2 Å². The molecule has 7 nitrogen and oxygen atoms in total. The summed E-state index contributed by atoms with van der Waals surface area (Å²) >= 11 is 0. The minimum absolute atomic E-state index is 0.0471. The Kier molecular flexibility index (Phi) is 4.37. The predicted octanol–water partition coefficient (Wildman–Crippen LogP) is 2.70. The molecule has 2 aromatic rings. The first kappa shape index (κ1) is 17.6. The largest absolute Gasteiger partial charge is 0.447 e. The zero-order chi connectivity index (χ0) is 19.1. The third kappa shape index (κ3) is 3.07. The van der Waals surface area contributed by atoms with Crippen LogP contribution in [0.15, 0.2) is 24.3 Å². The van der Waals surface area contributed by atoms with E-state index in [2.05, 4.69) is 18.9 Å². The van der Waals surface area contributed by atoms with Crippen molar-refractivity contribution in [1.29, 1.82) is 0 Å². The van der Waals surface area contributed by atoms with Gasteiger partial charge in [-0.05, 0) is 35.6 Å². The average molecular weight is 368 g/mol. The van der Waals surface area contributed by atoms with Crippen LogP contribution >= 0.6 is 0 Å². The van der Waals surface area contributed by atoms with Gasteiger partial charge in [0.2, 0.25) is 0 Å². The maximum Gasteiger partial charge on any atom is 0.414 e. The molecule has 0 unspecified atom stereocenters. The van der Waals surface area contributed by atoms with Crippen LogP contribution in [0.4, 0.5) is 10.5 Å². The number of hydrogen-bond donors (Lipinski definition) is 0. The van der Waals surface area contributed by atoms with Crippen molar-refractivity contribution >= 4 is 17.7 Å². The summed E-state index contributed by atoms with van der Waals surface area (Å²) in [6.45, 7) is 6.31. The number of carbonyl (C=O) groups excluding carboxylic acids is 2. The van der Waals surface area contributed by atoms with Gasteiger partial charge in [-0.2, -0.15) is 5.10 Å². The lowest BCUT2D eigenvalue weighted by atomic mass is 9.97. The fraction of sp³-hybridized carbons (Fsp3) is 0.450. The van der Waals surface area contributed by atoms with Crippen molar-refractivity contribution in [1.82, 2.24) is 14.7 Å². The highest BCUT2D eigenvalue weighted by molar-refractivity contribution is 5.93. The molecule has 1 fully saturated rings. The fourth-order valence-electron chi connectivity index (χ4n) is 3.92. The second-order valence-electron chi connectivity index (χ2n) is 7.39. The number of amides is 2. The van der Waals surface area contributed by atoms with Crippen molar-refractivity contribution in [3.8, 4) is 0 Å². The van der Waals surface area contributed by atoms with E-state index in [4.69, 9.17) is 4.74 Å². The lowest BCUT2D eigenvalue weighted by Crippen LogP contribution is -2.37. The Morgan fingerprint density at radius 1 is 1.26 bits per heavy atom. The maximum absolute atomic E-state index is 13.0. The summed E-state index contributed by atoms with van der Waals surface area (Å²) in [6.07, 6.45) is 0.418. The number of nitrogens with zero attached hydrogens (tertiary/aromatic N) is 4. The normalized spacial score (nSPS) is 16.7. The number of aryl methyl sites for hydroxylation is 1. The Morgan fingerprint density at radius 3 is 2.74 bits per heavy atom. The second kappa shape index (κ2) is 6.72. The van der Waals surface area contributed by atoms with Crippen molar-refractivity contribution < 1.29 is 14.3 Å². The van der Waals surface area contributed by atoms with E-state index < -0.39 is 0 Å². The van der Waals surface area contributed by atoms with Gasteiger partial charge in [-0.3, -0.25) is 14.4 Å². The van der Waals surface area contributed by atoms with Gasteiger partial charge in [-0.25, -0.2) is 4.79 Å². The van der Waals surface area contributed by atoms with E-state index >= 15 is 0 Å². The number of carbonyl (C=O) groups is 2. The molecule has 0 radical (unpaired) electrons. The zero-order valence-corrected chi connectivity index (χ0v) is 15.9. The summed E-state index contributed by atoms with van der Waals surface area (Å²) in [7, 11) is 1.87. The minimum atomic E-state index is -0.295. The zero-order valence-electron chi connectivity index (χ0n) is 15.9. The number of cyclic esters (lactones) is 1. The monoisotopic (exact) mass is 368 g/mol. The lowest BCUT2D eigenvalue weighted by Gasteiger charge is -2.31. The molecule has 2 amide bonds. The van der Waals surface area contributed by atoms with Crippen molar-refractivity contribution in [2.24, 2.45) is 7.05 Å². The van der Waals surface area contributed by atoms with Gasteiger partial charge in [0.15, 0.2) is 5.69 Å². The third-order valence-corrected chi connectivity index (χ3v) is 5.31. The number of rotatable bonds is 3. The Morgan fingerprint density at radius 2 is 2.07 bits per heavy atom. The van der Waals surface area contributed by atoms with Crippen LogP contribution in [0.5, 0.6) is 0 Å². The first-order valence-corrected chi connectivity index (χ1v) is 9.34. The topological polar surface area (TPSA) is 67.7 Å². The molecule has 1 aromatic carbocycles. The third-order valence-electron chi connectivity index (χ3n) is 5.31. The minimum Gasteiger partial charge on any atom is -0.447 e. The standard InChI is InChI=1S/C20H24N4O3/c1-13(2)18-11-16(21-22(18)3)19(25)23-8-7-15-14(12-23)5-4-6-17(15)24-9-10-27-20(24)26/h4-6,11,13H,7-10,12H2,1-3H3. The molecule has 0 atom stereocenters. The van der Waals surface area contributed by atoms with Crippen molar-refractivity contribution in [2.75, 3.05) is 24.6 Å². The molecule has 0 aliphatic carbocycles. The summed E-state index contributed by atoms with van der Waals surface area (Å²) in [4.78, 5) is 28.4. The molecule has 0 bridgehead atoms. The average Bonchev–Trinajstić information content (AvgIpc) is 3.25.